The molecule has 1 atom stereocenters. The van der Waals surface area contributed by atoms with Gasteiger partial charge in [-0.1, -0.05) is 78.6 Å². The number of carbonyl (C=O) groups is 2. The largest absolute Gasteiger partial charge is 0.481 e. The molecule has 1 unspecified atom stereocenters. The smallest absolute Gasteiger partial charge is 0.306 e. The van der Waals surface area contributed by atoms with Crippen molar-refractivity contribution in [1.29, 1.82) is 0 Å². The fourth-order valence-corrected chi connectivity index (χ4v) is 2.36. The predicted molar refractivity (Wildman–Crippen MR) is 95.8 cm³/mol. The van der Waals surface area contributed by atoms with E-state index in [1.54, 1.807) is 0 Å². The quantitative estimate of drug-likeness (QED) is 0.284. The van der Waals surface area contributed by atoms with E-state index >= 15 is 0 Å². The first-order valence-corrected chi connectivity index (χ1v) is 9.44. The molecule has 0 radical (unpaired) electrons. The number of carboxylic acids is 2. The number of hydrogen-bond donors (Lipinski definition) is 2. The molecule has 0 aromatic rings. The van der Waals surface area contributed by atoms with Crippen molar-refractivity contribution in [2.75, 3.05) is 0 Å². The fourth-order valence-electron chi connectivity index (χ4n) is 2.36. The molecule has 140 valence electrons. The summed E-state index contributed by atoms with van der Waals surface area (Å²) in [6.07, 6.45) is 13.8. The zero-order valence-electron chi connectivity index (χ0n) is 16.2. The van der Waals surface area contributed by atoms with Gasteiger partial charge in [-0.3, -0.25) is 9.59 Å². The molecule has 0 amide bonds. The van der Waals surface area contributed by atoms with Crippen molar-refractivity contribution in [3.63, 3.8) is 0 Å². The van der Waals surface area contributed by atoms with E-state index in [2.05, 4.69) is 13.8 Å². The molecule has 2 N–H and O–H groups in total. The molecule has 4 nitrogen and oxygen atoms in total. The van der Waals surface area contributed by atoms with Crippen molar-refractivity contribution in [2.24, 2.45) is 5.92 Å². The second kappa shape index (κ2) is 22.6. The normalized spacial score (nSPS) is 11.0. The fraction of sp³-hybridized carbons (Fsp3) is 0.895. The Labute approximate surface area is 161 Å². The second-order valence-electron chi connectivity index (χ2n) is 6.20. The van der Waals surface area contributed by atoms with Gasteiger partial charge in [0.25, 0.3) is 0 Å². The van der Waals surface area contributed by atoms with Crippen LogP contribution in [0.15, 0.2) is 0 Å². The zero-order chi connectivity index (χ0) is 17.9. The van der Waals surface area contributed by atoms with E-state index in [4.69, 9.17) is 10.2 Å². The van der Waals surface area contributed by atoms with Gasteiger partial charge in [0.1, 0.15) is 0 Å². The zero-order valence-corrected chi connectivity index (χ0v) is 19.2. The summed E-state index contributed by atoms with van der Waals surface area (Å²) in [7, 11) is 0. The molecule has 0 saturated heterocycles. The Bertz CT molecular complexity index is 283. The summed E-state index contributed by atoms with van der Waals surface area (Å²) in [6, 6.07) is 0. The van der Waals surface area contributed by atoms with Crippen molar-refractivity contribution >= 4 is 11.9 Å². The van der Waals surface area contributed by atoms with Gasteiger partial charge in [-0.15, -0.1) is 0 Å². The molecular weight excluding hydrogens is 358 g/mol. The third-order valence-corrected chi connectivity index (χ3v) is 3.99. The SMILES string of the molecule is CCCCC(CC)C(=O)O.CCCCCCCCCCC(=O)O.[Zn]. The Balaban J connectivity index is -0.000000364. The van der Waals surface area contributed by atoms with Crippen LogP contribution in [0, 0.1) is 5.92 Å². The minimum atomic E-state index is -0.661. The van der Waals surface area contributed by atoms with Crippen LogP contribution in [0.5, 0.6) is 0 Å². The van der Waals surface area contributed by atoms with Gasteiger partial charge < -0.3 is 10.2 Å². The van der Waals surface area contributed by atoms with Crippen molar-refractivity contribution < 1.29 is 39.3 Å². The summed E-state index contributed by atoms with van der Waals surface area (Å²) in [5.74, 6) is -1.41. The van der Waals surface area contributed by atoms with Gasteiger partial charge in [0.15, 0.2) is 0 Å². The topological polar surface area (TPSA) is 74.6 Å². The summed E-state index contributed by atoms with van der Waals surface area (Å²) in [5.41, 5.74) is 0. The predicted octanol–water partition coefficient (Wildman–Crippen LogP) is 5.89. The average Bonchev–Trinajstić information content (AvgIpc) is 2.51. The van der Waals surface area contributed by atoms with Crippen molar-refractivity contribution in [2.45, 2.75) is 104 Å². The van der Waals surface area contributed by atoms with Gasteiger partial charge in [0.2, 0.25) is 0 Å². The summed E-state index contributed by atoms with van der Waals surface area (Å²) < 4.78 is 0. The maximum absolute atomic E-state index is 10.4. The number of hydrogen-bond acceptors (Lipinski definition) is 2. The molecule has 0 aliphatic heterocycles. The van der Waals surface area contributed by atoms with E-state index < -0.39 is 11.9 Å². The number of carboxylic acid groups (broad SMARTS) is 2. The van der Waals surface area contributed by atoms with Crippen molar-refractivity contribution in [3.8, 4) is 0 Å². The van der Waals surface area contributed by atoms with E-state index in [-0.39, 0.29) is 25.4 Å². The molecule has 0 aromatic heterocycles. The first kappa shape index (κ1) is 28.4. The van der Waals surface area contributed by atoms with Crippen LogP contribution in [-0.2, 0) is 29.1 Å². The minimum Gasteiger partial charge on any atom is -0.481 e. The first-order chi connectivity index (χ1) is 11.0. The van der Waals surface area contributed by atoms with Gasteiger partial charge in [0, 0.05) is 25.9 Å². The van der Waals surface area contributed by atoms with Crippen LogP contribution in [0.25, 0.3) is 0 Å². The average molecular weight is 396 g/mol. The molecule has 0 spiro atoms. The monoisotopic (exact) mass is 394 g/mol. The minimum absolute atomic E-state index is 0. The Morgan fingerprint density at radius 3 is 1.58 bits per heavy atom. The van der Waals surface area contributed by atoms with Crippen LogP contribution in [-0.4, -0.2) is 22.2 Å². The van der Waals surface area contributed by atoms with Crippen molar-refractivity contribution in [1.82, 2.24) is 0 Å². The summed E-state index contributed by atoms with van der Waals surface area (Å²) in [6.45, 7) is 6.22. The Morgan fingerprint density at radius 2 is 1.21 bits per heavy atom. The third-order valence-electron chi connectivity index (χ3n) is 3.99. The third kappa shape index (κ3) is 23.8. The molecule has 0 fully saturated rings. The van der Waals surface area contributed by atoms with E-state index in [0.29, 0.717) is 6.42 Å². The summed E-state index contributed by atoms with van der Waals surface area (Å²) in [5, 5.41) is 17.0. The van der Waals surface area contributed by atoms with Gasteiger partial charge >= 0.3 is 11.9 Å². The van der Waals surface area contributed by atoms with Crippen LogP contribution in [0.4, 0.5) is 0 Å². The molecule has 0 rings (SSSR count). The van der Waals surface area contributed by atoms with Crippen LogP contribution in [0.1, 0.15) is 104 Å². The van der Waals surface area contributed by atoms with Gasteiger partial charge in [-0.2, -0.15) is 0 Å². The molecular formula is C19H38O4Zn. The first-order valence-electron chi connectivity index (χ1n) is 9.44. The van der Waals surface area contributed by atoms with E-state index in [0.717, 1.165) is 38.5 Å². The van der Waals surface area contributed by atoms with Gasteiger partial charge in [0.05, 0.1) is 5.92 Å². The van der Waals surface area contributed by atoms with Gasteiger partial charge in [-0.05, 0) is 19.3 Å². The summed E-state index contributed by atoms with van der Waals surface area (Å²) >= 11 is 0. The van der Waals surface area contributed by atoms with E-state index in [1.165, 1.54) is 38.5 Å². The Hall–Kier alpha value is -0.437. The molecule has 0 aromatic carbocycles. The van der Waals surface area contributed by atoms with E-state index in [9.17, 15) is 9.59 Å². The second-order valence-corrected chi connectivity index (χ2v) is 6.20. The van der Waals surface area contributed by atoms with Gasteiger partial charge in [-0.25, -0.2) is 0 Å². The standard InChI is InChI=1S/C11H22O2.C8H16O2.Zn/c1-2-3-4-5-6-7-8-9-10-11(12)13;1-3-5-6-7(4-2)8(9)10;/h2-10H2,1H3,(H,12,13);7H,3-6H2,1-2H3,(H,9,10);. The number of aliphatic carboxylic acids is 2. The Kier molecular flexibility index (Phi) is 26.7. The Morgan fingerprint density at radius 1 is 0.750 bits per heavy atom. The molecule has 0 saturated carbocycles. The van der Waals surface area contributed by atoms with E-state index in [1.807, 2.05) is 6.92 Å². The maximum atomic E-state index is 10.4. The van der Waals surface area contributed by atoms with Crippen molar-refractivity contribution in [3.05, 3.63) is 0 Å². The number of rotatable bonds is 14. The molecule has 24 heavy (non-hydrogen) atoms. The maximum Gasteiger partial charge on any atom is 0.306 e. The molecule has 5 heteroatoms. The number of unbranched alkanes of at least 4 members (excludes halogenated alkanes) is 8. The molecule has 0 heterocycles. The van der Waals surface area contributed by atoms with Crippen LogP contribution < -0.4 is 0 Å². The molecule has 0 aliphatic carbocycles. The van der Waals surface area contributed by atoms with Crippen LogP contribution >= 0.6 is 0 Å². The molecule has 0 aliphatic rings. The molecule has 0 bridgehead atoms. The summed E-state index contributed by atoms with van der Waals surface area (Å²) in [4.78, 5) is 20.6. The van der Waals surface area contributed by atoms with Crippen LogP contribution in [0.3, 0.4) is 0 Å². The van der Waals surface area contributed by atoms with Crippen LogP contribution in [0.2, 0.25) is 0 Å².